The van der Waals surface area contributed by atoms with Gasteiger partial charge in [-0.05, 0) is 13.0 Å². The number of likely N-dealkylation sites (N-methyl/N-ethyl adjacent to an activating group) is 1. The predicted octanol–water partition coefficient (Wildman–Crippen LogP) is -0.248. The second-order valence-corrected chi connectivity index (χ2v) is 2.56. The van der Waals surface area contributed by atoms with Crippen molar-refractivity contribution in [3.63, 3.8) is 0 Å². The summed E-state index contributed by atoms with van der Waals surface area (Å²) in [5.41, 5.74) is 0.411. The van der Waals surface area contributed by atoms with Crippen LogP contribution in [0.3, 0.4) is 0 Å². The second kappa shape index (κ2) is 3.93. The number of ether oxygens (including phenoxy) is 1. The number of rotatable bonds is 3. The first-order valence-electron chi connectivity index (χ1n) is 4.03. The third-order valence-corrected chi connectivity index (χ3v) is 1.81. The normalized spacial score (nSPS) is 15.7. The van der Waals surface area contributed by atoms with E-state index in [1.165, 1.54) is 10.0 Å². The number of amides is 1. The van der Waals surface area contributed by atoms with E-state index < -0.39 is 5.97 Å². The van der Waals surface area contributed by atoms with Gasteiger partial charge in [0.2, 0.25) is 6.41 Å². The summed E-state index contributed by atoms with van der Waals surface area (Å²) in [6, 6.07) is 0. The summed E-state index contributed by atoms with van der Waals surface area (Å²) in [7, 11) is 1.64. The minimum atomic E-state index is -0.394. The highest BCUT2D eigenvalue weighted by atomic mass is 16.5. The van der Waals surface area contributed by atoms with E-state index in [4.69, 9.17) is 4.74 Å². The molecule has 1 rings (SSSR count). The molecule has 0 atom stereocenters. The Hall–Kier alpha value is -1.52. The van der Waals surface area contributed by atoms with Gasteiger partial charge in [-0.25, -0.2) is 4.79 Å². The fourth-order valence-electron chi connectivity index (χ4n) is 1.11. The zero-order valence-electron chi connectivity index (χ0n) is 7.69. The van der Waals surface area contributed by atoms with Gasteiger partial charge in [0, 0.05) is 7.05 Å². The monoisotopic (exact) mass is 184 g/mol. The van der Waals surface area contributed by atoms with Gasteiger partial charge in [0.15, 0.2) is 0 Å². The van der Waals surface area contributed by atoms with Crippen molar-refractivity contribution in [2.24, 2.45) is 0 Å². The van der Waals surface area contributed by atoms with Crippen molar-refractivity contribution < 1.29 is 14.3 Å². The molecule has 1 aliphatic rings. The summed E-state index contributed by atoms with van der Waals surface area (Å²) in [4.78, 5) is 21.7. The third kappa shape index (κ3) is 1.80. The van der Waals surface area contributed by atoms with Crippen LogP contribution in [-0.2, 0) is 14.3 Å². The van der Waals surface area contributed by atoms with Crippen LogP contribution < -0.4 is 0 Å². The molecule has 72 valence electrons. The molecule has 0 bridgehead atoms. The fraction of sp³-hybridized carbons (Fsp3) is 0.500. The van der Waals surface area contributed by atoms with Crippen molar-refractivity contribution in [1.29, 1.82) is 0 Å². The van der Waals surface area contributed by atoms with E-state index in [0.717, 1.165) is 0 Å². The maximum atomic E-state index is 11.2. The van der Waals surface area contributed by atoms with E-state index in [-0.39, 0.29) is 0 Å². The van der Waals surface area contributed by atoms with Gasteiger partial charge in [-0.1, -0.05) is 0 Å². The average Bonchev–Trinajstić information content (AvgIpc) is 2.47. The van der Waals surface area contributed by atoms with Crippen molar-refractivity contribution in [2.45, 2.75) is 6.92 Å². The second-order valence-electron chi connectivity index (χ2n) is 2.56. The molecule has 5 heteroatoms. The summed E-state index contributed by atoms with van der Waals surface area (Å²) in [6.45, 7) is 2.50. The van der Waals surface area contributed by atoms with E-state index >= 15 is 0 Å². The molecule has 0 spiro atoms. The number of carbonyl (C=O) groups is 2. The highest BCUT2D eigenvalue weighted by molar-refractivity contribution is 5.88. The van der Waals surface area contributed by atoms with Gasteiger partial charge in [0.1, 0.15) is 5.70 Å². The van der Waals surface area contributed by atoms with Crippen LogP contribution >= 0.6 is 0 Å². The number of nitrogens with zero attached hydrogens (tertiary/aromatic N) is 2. The zero-order valence-corrected chi connectivity index (χ0v) is 7.69. The molecule has 0 unspecified atom stereocenters. The van der Waals surface area contributed by atoms with E-state index in [2.05, 4.69) is 0 Å². The summed E-state index contributed by atoms with van der Waals surface area (Å²) in [6.07, 6.45) is 2.33. The lowest BCUT2D eigenvalue weighted by atomic mass is 10.4. The number of hydrazine groups is 1. The van der Waals surface area contributed by atoms with E-state index in [0.29, 0.717) is 25.3 Å². The van der Waals surface area contributed by atoms with Gasteiger partial charge in [0.05, 0.1) is 13.2 Å². The quantitative estimate of drug-likeness (QED) is 0.448. The summed E-state index contributed by atoms with van der Waals surface area (Å²) in [5, 5.41) is 2.86. The standard InChI is InChI=1S/C8H12N2O3/c1-3-13-8(12)7-4-5-10(6-11)9(7)2/h4,6H,3,5H2,1-2H3. The van der Waals surface area contributed by atoms with Crippen molar-refractivity contribution in [3.05, 3.63) is 11.8 Å². The highest BCUT2D eigenvalue weighted by Gasteiger charge is 2.24. The van der Waals surface area contributed by atoms with Crippen molar-refractivity contribution in [2.75, 3.05) is 20.2 Å². The summed E-state index contributed by atoms with van der Waals surface area (Å²) in [5.74, 6) is -0.394. The topological polar surface area (TPSA) is 49.9 Å². The van der Waals surface area contributed by atoms with Crippen LogP contribution in [0.5, 0.6) is 0 Å². The van der Waals surface area contributed by atoms with Gasteiger partial charge in [0.25, 0.3) is 0 Å². The minimum absolute atomic E-state index is 0.338. The van der Waals surface area contributed by atoms with E-state index in [1.807, 2.05) is 0 Å². The lowest BCUT2D eigenvalue weighted by Gasteiger charge is -2.23. The van der Waals surface area contributed by atoms with Crippen LogP contribution in [0.1, 0.15) is 6.92 Å². The molecule has 5 nitrogen and oxygen atoms in total. The van der Waals surface area contributed by atoms with Gasteiger partial charge >= 0.3 is 5.97 Å². The first-order chi connectivity index (χ1) is 6.20. The van der Waals surface area contributed by atoms with Gasteiger partial charge < -0.3 is 4.74 Å². The molecule has 0 saturated carbocycles. The molecule has 0 N–H and O–H groups in total. The summed E-state index contributed by atoms with van der Waals surface area (Å²) < 4.78 is 4.80. The molecule has 13 heavy (non-hydrogen) atoms. The Morgan fingerprint density at radius 1 is 1.77 bits per heavy atom. The summed E-state index contributed by atoms with van der Waals surface area (Å²) >= 11 is 0. The molecule has 1 heterocycles. The molecular formula is C8H12N2O3. The van der Waals surface area contributed by atoms with Crippen molar-refractivity contribution in [3.8, 4) is 0 Å². The fourth-order valence-corrected chi connectivity index (χ4v) is 1.11. The van der Waals surface area contributed by atoms with E-state index in [1.54, 1.807) is 20.0 Å². The molecule has 0 aliphatic carbocycles. The molecule has 0 aromatic carbocycles. The number of esters is 1. The van der Waals surface area contributed by atoms with Crippen LogP contribution in [-0.4, -0.2) is 42.6 Å². The zero-order chi connectivity index (χ0) is 9.84. The SMILES string of the molecule is CCOC(=O)C1=CCN(C=O)N1C. The number of hydrogen-bond acceptors (Lipinski definition) is 4. The Kier molecular flexibility index (Phi) is 2.89. The maximum Gasteiger partial charge on any atom is 0.356 e. The average molecular weight is 184 g/mol. The largest absolute Gasteiger partial charge is 0.461 e. The Bertz CT molecular complexity index is 250. The Labute approximate surface area is 76.5 Å². The molecule has 0 aromatic rings. The molecule has 1 amide bonds. The van der Waals surface area contributed by atoms with Gasteiger partial charge in [-0.2, -0.15) is 0 Å². The van der Waals surface area contributed by atoms with Gasteiger partial charge in [-0.3, -0.25) is 14.8 Å². The van der Waals surface area contributed by atoms with Crippen LogP contribution in [0.15, 0.2) is 11.8 Å². The lowest BCUT2D eigenvalue weighted by Crippen LogP contribution is -2.35. The molecule has 0 radical (unpaired) electrons. The first-order valence-corrected chi connectivity index (χ1v) is 4.03. The Morgan fingerprint density at radius 2 is 2.46 bits per heavy atom. The highest BCUT2D eigenvalue weighted by Crippen LogP contribution is 2.13. The minimum Gasteiger partial charge on any atom is -0.461 e. The lowest BCUT2D eigenvalue weighted by molar-refractivity contribution is -0.143. The Balaban J connectivity index is 2.62. The Morgan fingerprint density at radius 3 is 2.92 bits per heavy atom. The van der Waals surface area contributed by atoms with Crippen LogP contribution in [0, 0.1) is 0 Å². The molecular weight excluding hydrogens is 172 g/mol. The maximum absolute atomic E-state index is 11.2. The van der Waals surface area contributed by atoms with Crippen LogP contribution in [0.25, 0.3) is 0 Å². The van der Waals surface area contributed by atoms with Crippen molar-refractivity contribution in [1.82, 2.24) is 10.0 Å². The molecule has 0 saturated heterocycles. The van der Waals surface area contributed by atoms with Crippen LogP contribution in [0.2, 0.25) is 0 Å². The first kappa shape index (κ1) is 9.57. The molecule has 1 aliphatic heterocycles. The molecule has 0 aromatic heterocycles. The van der Waals surface area contributed by atoms with Crippen LogP contribution in [0.4, 0.5) is 0 Å². The van der Waals surface area contributed by atoms with Crippen molar-refractivity contribution >= 4 is 12.4 Å². The third-order valence-electron chi connectivity index (χ3n) is 1.81. The molecule has 0 fully saturated rings. The van der Waals surface area contributed by atoms with Gasteiger partial charge in [-0.15, -0.1) is 0 Å². The number of carbonyl (C=O) groups excluding carboxylic acids is 2. The number of hydrogen-bond donors (Lipinski definition) is 0. The van der Waals surface area contributed by atoms with E-state index in [9.17, 15) is 9.59 Å². The predicted molar refractivity (Wildman–Crippen MR) is 45.2 cm³/mol. The smallest absolute Gasteiger partial charge is 0.356 e.